The number of unbranched alkanes of at least 4 members (excludes halogenated alkanes) is 1. The van der Waals surface area contributed by atoms with Gasteiger partial charge in [0.05, 0.1) is 6.04 Å². The van der Waals surface area contributed by atoms with Gasteiger partial charge in [-0.3, -0.25) is 10.1 Å². The van der Waals surface area contributed by atoms with Gasteiger partial charge in [0, 0.05) is 23.0 Å². The first-order valence-corrected chi connectivity index (χ1v) is 8.42. The predicted octanol–water partition coefficient (Wildman–Crippen LogP) is 3.94. The highest BCUT2D eigenvalue weighted by atomic mass is 16.4. The van der Waals surface area contributed by atoms with E-state index in [2.05, 4.69) is 42.4 Å². The molecule has 1 aliphatic rings. The molecule has 1 aromatic heterocycles. The van der Waals surface area contributed by atoms with Crippen LogP contribution in [0, 0.1) is 0 Å². The molecule has 0 amide bonds. The number of rotatable bonds is 5. The molecule has 0 unspecified atom stereocenters. The molecule has 122 valence electrons. The lowest BCUT2D eigenvalue weighted by Gasteiger charge is -2.31. The maximum Gasteiger partial charge on any atom is 0.321 e. The number of nitrogens with one attached hydrogen (secondary N) is 2. The summed E-state index contributed by atoms with van der Waals surface area (Å²) >= 11 is 0. The quantitative estimate of drug-likeness (QED) is 0.733. The third-order valence-corrected chi connectivity index (χ3v) is 4.68. The number of carboxylic acid groups (broad SMARTS) is 1. The molecule has 23 heavy (non-hydrogen) atoms. The zero-order valence-electron chi connectivity index (χ0n) is 13.7. The van der Waals surface area contributed by atoms with Crippen molar-refractivity contribution in [3.63, 3.8) is 0 Å². The normalized spacial score (nSPS) is 21.4. The molecule has 1 aromatic carbocycles. The van der Waals surface area contributed by atoms with E-state index in [1.807, 2.05) is 12.1 Å². The van der Waals surface area contributed by atoms with Crippen molar-refractivity contribution >= 4 is 16.9 Å². The number of hydrogen-bond acceptors (Lipinski definition) is 2. The molecule has 4 nitrogen and oxygen atoms in total. The van der Waals surface area contributed by atoms with E-state index in [0.717, 1.165) is 41.4 Å². The molecule has 3 N–H and O–H groups in total. The van der Waals surface area contributed by atoms with E-state index in [9.17, 15) is 9.90 Å². The first kappa shape index (κ1) is 15.8. The van der Waals surface area contributed by atoms with E-state index in [1.165, 1.54) is 5.57 Å². The van der Waals surface area contributed by atoms with Gasteiger partial charge in [-0.05, 0) is 24.5 Å². The van der Waals surface area contributed by atoms with Crippen molar-refractivity contribution in [2.75, 3.05) is 0 Å². The van der Waals surface area contributed by atoms with Gasteiger partial charge < -0.3 is 10.1 Å². The Morgan fingerprint density at radius 1 is 1.35 bits per heavy atom. The minimum Gasteiger partial charge on any atom is -0.480 e. The summed E-state index contributed by atoms with van der Waals surface area (Å²) in [6.45, 7) is 4.29. The second kappa shape index (κ2) is 6.59. The standard InChI is InChI=1S/C19H24N2O2/c1-3-5-8-12(4-2)17-18-14(11-16(21-17)19(22)23)13-9-6-7-10-15(13)20-18/h6-10,16-17,20-21H,3-5,11H2,1-2H3,(H,22,23)/b12-8+/t16-,17-/m1/s1. The number of allylic oxidation sites excluding steroid dienone is 1. The number of carbonyl (C=O) groups is 1. The predicted molar refractivity (Wildman–Crippen MR) is 92.6 cm³/mol. The molecule has 0 saturated heterocycles. The molecule has 1 aliphatic heterocycles. The molecule has 0 aliphatic carbocycles. The van der Waals surface area contributed by atoms with E-state index < -0.39 is 12.0 Å². The highest BCUT2D eigenvalue weighted by molar-refractivity contribution is 5.87. The maximum atomic E-state index is 11.6. The van der Waals surface area contributed by atoms with Crippen LogP contribution in [-0.2, 0) is 11.2 Å². The Balaban J connectivity index is 2.11. The van der Waals surface area contributed by atoms with Gasteiger partial charge in [0.25, 0.3) is 0 Å². The van der Waals surface area contributed by atoms with E-state index in [1.54, 1.807) is 0 Å². The van der Waals surface area contributed by atoms with Crippen LogP contribution >= 0.6 is 0 Å². The molecule has 0 radical (unpaired) electrons. The molecule has 0 spiro atoms. The van der Waals surface area contributed by atoms with E-state index >= 15 is 0 Å². The fourth-order valence-electron chi connectivity index (χ4n) is 3.48. The van der Waals surface area contributed by atoms with Crippen molar-refractivity contribution in [2.45, 2.75) is 51.6 Å². The maximum absolute atomic E-state index is 11.6. The summed E-state index contributed by atoms with van der Waals surface area (Å²) in [7, 11) is 0. The van der Waals surface area contributed by atoms with Crippen LogP contribution in [0.25, 0.3) is 10.9 Å². The number of benzene rings is 1. The number of aromatic nitrogens is 1. The van der Waals surface area contributed by atoms with Gasteiger partial charge in [-0.25, -0.2) is 0 Å². The molecule has 2 atom stereocenters. The fraction of sp³-hybridized carbons (Fsp3) is 0.421. The molecule has 2 aromatic rings. The van der Waals surface area contributed by atoms with Crippen LogP contribution in [0.5, 0.6) is 0 Å². The second-order valence-corrected chi connectivity index (χ2v) is 6.18. The highest BCUT2D eigenvalue weighted by Crippen LogP contribution is 2.36. The van der Waals surface area contributed by atoms with Crippen molar-refractivity contribution in [3.8, 4) is 0 Å². The van der Waals surface area contributed by atoms with Gasteiger partial charge in [0.15, 0.2) is 0 Å². The first-order chi connectivity index (χ1) is 11.2. The molecule has 2 heterocycles. The summed E-state index contributed by atoms with van der Waals surface area (Å²) in [5, 5.41) is 14.0. The van der Waals surface area contributed by atoms with Crippen LogP contribution in [0.2, 0.25) is 0 Å². The number of fused-ring (bicyclic) bond motifs is 3. The third-order valence-electron chi connectivity index (χ3n) is 4.68. The van der Waals surface area contributed by atoms with Gasteiger partial charge in [-0.1, -0.05) is 50.1 Å². The number of H-pyrrole nitrogens is 1. The van der Waals surface area contributed by atoms with Crippen LogP contribution in [-0.4, -0.2) is 22.1 Å². The first-order valence-electron chi connectivity index (χ1n) is 8.42. The van der Waals surface area contributed by atoms with Gasteiger partial charge >= 0.3 is 5.97 Å². The molecule has 0 fully saturated rings. The van der Waals surface area contributed by atoms with Gasteiger partial charge in [0.1, 0.15) is 6.04 Å². The lowest BCUT2D eigenvalue weighted by molar-refractivity contribution is -0.139. The fourth-order valence-corrected chi connectivity index (χ4v) is 3.48. The van der Waals surface area contributed by atoms with Gasteiger partial charge in [-0.2, -0.15) is 0 Å². The van der Waals surface area contributed by atoms with Crippen LogP contribution in [0.1, 0.15) is 50.4 Å². The molecular formula is C19H24N2O2. The van der Waals surface area contributed by atoms with Crippen LogP contribution in [0.4, 0.5) is 0 Å². The van der Waals surface area contributed by atoms with Crippen LogP contribution < -0.4 is 5.32 Å². The van der Waals surface area contributed by atoms with E-state index in [0.29, 0.717) is 6.42 Å². The molecule has 0 bridgehead atoms. The summed E-state index contributed by atoms with van der Waals surface area (Å²) in [5.41, 5.74) is 4.63. The number of para-hydroxylation sites is 1. The highest BCUT2D eigenvalue weighted by Gasteiger charge is 2.34. The van der Waals surface area contributed by atoms with Gasteiger partial charge in [0.2, 0.25) is 0 Å². The molecular weight excluding hydrogens is 288 g/mol. The van der Waals surface area contributed by atoms with Gasteiger partial charge in [-0.15, -0.1) is 0 Å². The summed E-state index contributed by atoms with van der Waals surface area (Å²) in [5.74, 6) is -0.781. The second-order valence-electron chi connectivity index (χ2n) is 6.18. The van der Waals surface area contributed by atoms with Crippen LogP contribution in [0.3, 0.4) is 0 Å². The largest absolute Gasteiger partial charge is 0.480 e. The smallest absolute Gasteiger partial charge is 0.321 e. The van der Waals surface area contributed by atoms with Crippen molar-refractivity contribution < 1.29 is 9.90 Å². The number of aliphatic carboxylic acids is 1. The summed E-state index contributed by atoms with van der Waals surface area (Å²) in [4.78, 5) is 15.1. The Kier molecular flexibility index (Phi) is 4.53. The van der Waals surface area contributed by atoms with Crippen molar-refractivity contribution in [1.82, 2.24) is 10.3 Å². The van der Waals surface area contributed by atoms with Crippen molar-refractivity contribution in [3.05, 3.63) is 47.2 Å². The topological polar surface area (TPSA) is 65.1 Å². The monoisotopic (exact) mass is 312 g/mol. The summed E-state index contributed by atoms with van der Waals surface area (Å²) < 4.78 is 0. The van der Waals surface area contributed by atoms with E-state index in [-0.39, 0.29) is 6.04 Å². The number of carboxylic acids is 1. The average molecular weight is 312 g/mol. The summed E-state index contributed by atoms with van der Waals surface area (Å²) in [6.07, 6.45) is 5.82. The summed E-state index contributed by atoms with van der Waals surface area (Å²) in [6, 6.07) is 7.58. The Morgan fingerprint density at radius 3 is 2.83 bits per heavy atom. The van der Waals surface area contributed by atoms with Crippen molar-refractivity contribution in [2.24, 2.45) is 0 Å². The number of hydrogen-bond donors (Lipinski definition) is 3. The number of aromatic amines is 1. The SMILES string of the molecule is CCC/C=C(\CC)[C@H]1N[C@@H](C(=O)O)Cc2c1[nH]c1ccccc21. The average Bonchev–Trinajstić information content (AvgIpc) is 2.94. The Labute approximate surface area is 136 Å². The minimum absolute atomic E-state index is 0.0381. The lowest BCUT2D eigenvalue weighted by atomic mass is 9.89. The lowest BCUT2D eigenvalue weighted by Crippen LogP contribution is -2.45. The minimum atomic E-state index is -0.781. The molecule has 0 saturated carbocycles. The zero-order valence-corrected chi connectivity index (χ0v) is 13.7. The zero-order chi connectivity index (χ0) is 16.4. The van der Waals surface area contributed by atoms with E-state index in [4.69, 9.17) is 0 Å². The molecule has 4 heteroatoms. The Bertz CT molecular complexity index is 745. The molecule has 3 rings (SSSR count). The Hall–Kier alpha value is -2.07. The third kappa shape index (κ3) is 2.91. The van der Waals surface area contributed by atoms with Crippen LogP contribution in [0.15, 0.2) is 35.9 Å². The van der Waals surface area contributed by atoms with Crippen molar-refractivity contribution in [1.29, 1.82) is 0 Å². The Morgan fingerprint density at radius 2 is 2.13 bits per heavy atom.